The van der Waals surface area contributed by atoms with Crippen LogP contribution in [0, 0.1) is 5.92 Å². The molecule has 3 nitrogen and oxygen atoms in total. The number of esters is 1. The highest BCUT2D eigenvalue weighted by Crippen LogP contribution is 2.16. The molecular weight excluding hydrogens is 264 g/mol. The van der Waals surface area contributed by atoms with Crippen LogP contribution in [0.1, 0.15) is 40.2 Å². The van der Waals surface area contributed by atoms with Crippen LogP contribution in [0.2, 0.25) is 0 Å². The summed E-state index contributed by atoms with van der Waals surface area (Å²) in [5.41, 5.74) is 0.533. The Kier molecular flexibility index (Phi) is 6.63. The third-order valence-electron chi connectivity index (χ3n) is 3.04. The molecule has 0 N–H and O–H groups in total. The summed E-state index contributed by atoms with van der Waals surface area (Å²) in [5, 5.41) is 0. The molecule has 0 saturated carbocycles. The lowest BCUT2D eigenvalue weighted by Gasteiger charge is -2.23. The SMILES string of the molecule is CC(=O)OC(C)(C)/C=C/C(OCc1ccccc1)C(C)C. The summed E-state index contributed by atoms with van der Waals surface area (Å²) in [7, 11) is 0. The van der Waals surface area contributed by atoms with Crippen LogP contribution < -0.4 is 0 Å². The van der Waals surface area contributed by atoms with Crippen LogP contribution in [-0.2, 0) is 20.9 Å². The average Bonchev–Trinajstić information content (AvgIpc) is 2.37. The Morgan fingerprint density at radius 2 is 1.86 bits per heavy atom. The smallest absolute Gasteiger partial charge is 0.303 e. The molecule has 0 bridgehead atoms. The maximum absolute atomic E-state index is 11.1. The first-order chi connectivity index (χ1) is 9.80. The number of rotatable bonds is 7. The summed E-state index contributed by atoms with van der Waals surface area (Å²) in [5.74, 6) is 0.0639. The molecule has 1 rings (SSSR count). The van der Waals surface area contributed by atoms with Gasteiger partial charge in [0.15, 0.2) is 0 Å². The van der Waals surface area contributed by atoms with E-state index in [-0.39, 0.29) is 12.1 Å². The van der Waals surface area contributed by atoms with Gasteiger partial charge in [-0.05, 0) is 31.4 Å². The second-order valence-electron chi connectivity index (χ2n) is 6.06. The van der Waals surface area contributed by atoms with Gasteiger partial charge in [0.2, 0.25) is 0 Å². The molecule has 0 aromatic heterocycles. The maximum atomic E-state index is 11.1. The summed E-state index contributed by atoms with van der Waals surface area (Å²) in [4.78, 5) is 11.1. The molecule has 0 saturated heterocycles. The summed E-state index contributed by atoms with van der Waals surface area (Å²) < 4.78 is 11.2. The van der Waals surface area contributed by atoms with Gasteiger partial charge in [-0.3, -0.25) is 4.79 Å². The first-order valence-corrected chi connectivity index (χ1v) is 7.34. The number of hydrogen-bond acceptors (Lipinski definition) is 3. The quantitative estimate of drug-likeness (QED) is 0.559. The van der Waals surface area contributed by atoms with Gasteiger partial charge in [-0.25, -0.2) is 0 Å². The second-order valence-corrected chi connectivity index (χ2v) is 6.06. The fourth-order valence-corrected chi connectivity index (χ4v) is 1.97. The molecule has 21 heavy (non-hydrogen) atoms. The van der Waals surface area contributed by atoms with Crippen molar-refractivity contribution in [3.63, 3.8) is 0 Å². The normalized spacial score (nSPS) is 13.6. The van der Waals surface area contributed by atoms with E-state index in [4.69, 9.17) is 9.47 Å². The van der Waals surface area contributed by atoms with Crippen LogP contribution in [0.15, 0.2) is 42.5 Å². The van der Waals surface area contributed by atoms with E-state index in [1.807, 2.05) is 56.3 Å². The third kappa shape index (κ3) is 7.09. The largest absolute Gasteiger partial charge is 0.456 e. The highest BCUT2D eigenvalue weighted by Gasteiger charge is 2.19. The topological polar surface area (TPSA) is 35.5 Å². The van der Waals surface area contributed by atoms with Crippen molar-refractivity contribution in [2.75, 3.05) is 0 Å². The molecule has 3 heteroatoms. The van der Waals surface area contributed by atoms with Crippen molar-refractivity contribution in [3.05, 3.63) is 48.0 Å². The number of ether oxygens (including phenoxy) is 2. The van der Waals surface area contributed by atoms with E-state index in [9.17, 15) is 4.79 Å². The summed E-state index contributed by atoms with van der Waals surface area (Å²) in [6, 6.07) is 10.1. The van der Waals surface area contributed by atoms with Crippen LogP contribution in [0.3, 0.4) is 0 Å². The molecule has 1 unspecified atom stereocenters. The van der Waals surface area contributed by atoms with Gasteiger partial charge in [0.25, 0.3) is 0 Å². The van der Waals surface area contributed by atoms with Gasteiger partial charge in [0.1, 0.15) is 5.60 Å². The third-order valence-corrected chi connectivity index (χ3v) is 3.04. The molecule has 0 radical (unpaired) electrons. The highest BCUT2D eigenvalue weighted by molar-refractivity contribution is 5.66. The van der Waals surface area contributed by atoms with E-state index in [2.05, 4.69) is 13.8 Å². The molecular formula is C18H26O3. The molecule has 0 fully saturated rings. The zero-order chi connectivity index (χ0) is 15.9. The Morgan fingerprint density at radius 1 is 1.24 bits per heavy atom. The fourth-order valence-electron chi connectivity index (χ4n) is 1.97. The van der Waals surface area contributed by atoms with Crippen molar-refractivity contribution in [1.29, 1.82) is 0 Å². The van der Waals surface area contributed by atoms with E-state index in [1.165, 1.54) is 6.92 Å². The number of carbonyl (C=O) groups is 1. The zero-order valence-electron chi connectivity index (χ0n) is 13.6. The molecule has 1 aromatic carbocycles. The van der Waals surface area contributed by atoms with E-state index in [0.717, 1.165) is 5.56 Å². The molecule has 1 atom stereocenters. The van der Waals surface area contributed by atoms with Gasteiger partial charge in [0, 0.05) is 6.92 Å². The number of carbonyl (C=O) groups excluding carboxylic acids is 1. The molecule has 0 heterocycles. The summed E-state index contributed by atoms with van der Waals surface area (Å²) in [6.45, 7) is 9.93. The van der Waals surface area contributed by atoms with Crippen LogP contribution >= 0.6 is 0 Å². The minimum absolute atomic E-state index is 0.0139. The number of hydrogen-bond donors (Lipinski definition) is 0. The van der Waals surface area contributed by atoms with Gasteiger partial charge in [0.05, 0.1) is 12.7 Å². The Balaban J connectivity index is 2.63. The minimum Gasteiger partial charge on any atom is -0.456 e. The maximum Gasteiger partial charge on any atom is 0.303 e. The zero-order valence-corrected chi connectivity index (χ0v) is 13.6. The van der Waals surface area contributed by atoms with E-state index < -0.39 is 5.60 Å². The monoisotopic (exact) mass is 290 g/mol. The molecule has 1 aromatic rings. The highest BCUT2D eigenvalue weighted by atomic mass is 16.6. The van der Waals surface area contributed by atoms with Gasteiger partial charge in [-0.2, -0.15) is 0 Å². The Labute approximate surface area is 128 Å². The van der Waals surface area contributed by atoms with E-state index in [0.29, 0.717) is 12.5 Å². The van der Waals surface area contributed by atoms with Crippen molar-refractivity contribution in [2.24, 2.45) is 5.92 Å². The van der Waals surface area contributed by atoms with Crippen LogP contribution in [0.4, 0.5) is 0 Å². The molecule has 0 aliphatic heterocycles. The lowest BCUT2D eigenvalue weighted by atomic mass is 10.0. The van der Waals surface area contributed by atoms with Gasteiger partial charge in [-0.15, -0.1) is 0 Å². The Morgan fingerprint density at radius 3 is 2.38 bits per heavy atom. The standard InChI is InChI=1S/C18H26O3/c1-14(2)17(11-12-18(4,5)21-15(3)19)20-13-16-9-7-6-8-10-16/h6-12,14,17H,13H2,1-5H3/b12-11+. The van der Waals surface area contributed by atoms with Crippen molar-refractivity contribution in [1.82, 2.24) is 0 Å². The molecule has 116 valence electrons. The van der Waals surface area contributed by atoms with Gasteiger partial charge in [-0.1, -0.05) is 50.3 Å². The minimum atomic E-state index is -0.616. The average molecular weight is 290 g/mol. The lowest BCUT2D eigenvalue weighted by Crippen LogP contribution is -2.26. The second kappa shape index (κ2) is 7.99. The fraction of sp³-hybridized carbons (Fsp3) is 0.500. The van der Waals surface area contributed by atoms with Crippen molar-refractivity contribution >= 4 is 5.97 Å². The summed E-state index contributed by atoms with van der Waals surface area (Å²) >= 11 is 0. The Hall–Kier alpha value is -1.61. The van der Waals surface area contributed by atoms with Crippen LogP contribution in [-0.4, -0.2) is 17.7 Å². The van der Waals surface area contributed by atoms with Gasteiger partial charge < -0.3 is 9.47 Å². The lowest BCUT2D eigenvalue weighted by molar-refractivity contribution is -0.149. The molecule has 0 aliphatic carbocycles. The predicted octanol–water partition coefficient (Wildman–Crippen LogP) is 4.13. The molecule has 0 amide bonds. The van der Waals surface area contributed by atoms with Gasteiger partial charge >= 0.3 is 5.97 Å². The first kappa shape index (κ1) is 17.4. The molecule has 0 aliphatic rings. The molecule has 0 spiro atoms. The van der Waals surface area contributed by atoms with E-state index >= 15 is 0 Å². The van der Waals surface area contributed by atoms with Crippen molar-refractivity contribution < 1.29 is 14.3 Å². The first-order valence-electron chi connectivity index (χ1n) is 7.34. The number of benzene rings is 1. The van der Waals surface area contributed by atoms with Crippen LogP contribution in [0.5, 0.6) is 0 Å². The van der Waals surface area contributed by atoms with Crippen molar-refractivity contribution in [2.45, 2.75) is 52.9 Å². The van der Waals surface area contributed by atoms with Crippen molar-refractivity contribution in [3.8, 4) is 0 Å². The van der Waals surface area contributed by atoms with E-state index in [1.54, 1.807) is 0 Å². The Bertz CT molecular complexity index is 461. The van der Waals surface area contributed by atoms with Crippen LogP contribution in [0.25, 0.3) is 0 Å². The predicted molar refractivity (Wildman–Crippen MR) is 84.8 cm³/mol. The summed E-state index contributed by atoms with van der Waals surface area (Å²) in [6.07, 6.45) is 3.86.